The highest BCUT2D eigenvalue weighted by molar-refractivity contribution is 6.05. The molecule has 0 aliphatic heterocycles. The fourth-order valence-corrected chi connectivity index (χ4v) is 2.10. The van der Waals surface area contributed by atoms with Crippen LogP contribution in [0, 0.1) is 0 Å². The van der Waals surface area contributed by atoms with E-state index in [4.69, 9.17) is 0 Å². The van der Waals surface area contributed by atoms with E-state index in [2.05, 4.69) is 4.98 Å². The first-order valence-electron chi connectivity index (χ1n) is 4.48. The molecule has 0 unspecified atom stereocenters. The molecule has 2 heteroatoms. The van der Waals surface area contributed by atoms with Crippen LogP contribution in [0.25, 0.3) is 10.9 Å². The summed E-state index contributed by atoms with van der Waals surface area (Å²) >= 11 is 0. The van der Waals surface area contributed by atoms with Crippen molar-refractivity contribution < 1.29 is 4.79 Å². The summed E-state index contributed by atoms with van der Waals surface area (Å²) in [5, 5.41) is 1.21. The number of rotatable bonds is 0. The third kappa shape index (κ3) is 0.800. The number of hydrogen-bond acceptors (Lipinski definition) is 1. The van der Waals surface area contributed by atoms with Gasteiger partial charge in [-0.05, 0) is 30.2 Å². The highest BCUT2D eigenvalue weighted by Crippen LogP contribution is 2.28. The lowest BCUT2D eigenvalue weighted by molar-refractivity contribution is 0.0994. The molecule has 0 radical (unpaired) electrons. The Balaban J connectivity index is 2.45. The molecule has 0 fully saturated rings. The third-order valence-electron chi connectivity index (χ3n) is 2.75. The van der Waals surface area contributed by atoms with Crippen LogP contribution in [0.2, 0.25) is 0 Å². The fourth-order valence-electron chi connectivity index (χ4n) is 2.10. The van der Waals surface area contributed by atoms with Gasteiger partial charge in [0, 0.05) is 29.1 Å². The minimum Gasteiger partial charge on any atom is -0.361 e. The Morgan fingerprint density at radius 2 is 2.08 bits per heavy atom. The Labute approximate surface area is 75.6 Å². The molecule has 1 aromatic carbocycles. The monoisotopic (exact) mass is 171 g/mol. The number of ketones is 1. The number of hydrogen-bond donors (Lipinski definition) is 1. The lowest BCUT2D eigenvalue weighted by atomic mass is 10.1. The van der Waals surface area contributed by atoms with Gasteiger partial charge in [-0.3, -0.25) is 4.79 Å². The smallest absolute Gasteiger partial charge is 0.163 e. The lowest BCUT2D eigenvalue weighted by Crippen LogP contribution is -1.90. The largest absolute Gasteiger partial charge is 0.361 e. The molecular formula is C11H9NO. The molecule has 0 amide bonds. The summed E-state index contributed by atoms with van der Waals surface area (Å²) in [4.78, 5) is 14.6. The van der Waals surface area contributed by atoms with Crippen molar-refractivity contribution >= 4 is 16.7 Å². The van der Waals surface area contributed by atoms with Gasteiger partial charge in [0.1, 0.15) is 0 Å². The molecular weight excluding hydrogens is 162 g/mol. The van der Waals surface area contributed by atoms with Crippen LogP contribution in [-0.2, 0) is 6.42 Å². The molecule has 0 atom stereocenters. The summed E-state index contributed by atoms with van der Waals surface area (Å²) in [6.45, 7) is 0. The predicted molar refractivity (Wildman–Crippen MR) is 51.0 cm³/mol. The number of aryl methyl sites for hydroxylation is 1. The normalized spacial score (nSPS) is 15.2. The number of aromatic nitrogens is 1. The average molecular weight is 171 g/mol. The second kappa shape index (κ2) is 2.22. The molecule has 3 rings (SSSR count). The Kier molecular flexibility index (Phi) is 1.18. The maximum absolute atomic E-state index is 11.4. The summed E-state index contributed by atoms with van der Waals surface area (Å²) in [6.07, 6.45) is 3.51. The van der Waals surface area contributed by atoms with Crippen molar-refractivity contribution in [3.05, 3.63) is 35.5 Å². The van der Waals surface area contributed by atoms with E-state index >= 15 is 0 Å². The van der Waals surface area contributed by atoms with Crippen LogP contribution in [0.1, 0.15) is 22.3 Å². The van der Waals surface area contributed by atoms with Gasteiger partial charge in [0.15, 0.2) is 5.78 Å². The summed E-state index contributed by atoms with van der Waals surface area (Å²) < 4.78 is 0. The second-order valence-corrected chi connectivity index (χ2v) is 3.45. The second-order valence-electron chi connectivity index (χ2n) is 3.45. The molecule has 1 N–H and O–H groups in total. The molecule has 13 heavy (non-hydrogen) atoms. The molecule has 0 saturated carbocycles. The van der Waals surface area contributed by atoms with Crippen LogP contribution in [0.5, 0.6) is 0 Å². The van der Waals surface area contributed by atoms with Crippen molar-refractivity contribution in [2.75, 3.05) is 0 Å². The zero-order chi connectivity index (χ0) is 8.84. The molecule has 0 saturated heterocycles. The van der Waals surface area contributed by atoms with E-state index in [0.29, 0.717) is 6.42 Å². The average Bonchev–Trinajstić information content (AvgIpc) is 2.70. The van der Waals surface area contributed by atoms with Gasteiger partial charge in [0.05, 0.1) is 0 Å². The van der Waals surface area contributed by atoms with E-state index in [9.17, 15) is 4.79 Å². The first-order chi connectivity index (χ1) is 6.36. The minimum atomic E-state index is 0.290. The van der Waals surface area contributed by atoms with Crippen LogP contribution in [0.4, 0.5) is 0 Å². The van der Waals surface area contributed by atoms with E-state index in [0.717, 1.165) is 17.5 Å². The number of carbonyl (C=O) groups is 1. The van der Waals surface area contributed by atoms with Crippen LogP contribution in [-0.4, -0.2) is 10.8 Å². The Morgan fingerprint density at radius 1 is 1.15 bits per heavy atom. The highest BCUT2D eigenvalue weighted by atomic mass is 16.1. The van der Waals surface area contributed by atoms with Crippen LogP contribution < -0.4 is 0 Å². The van der Waals surface area contributed by atoms with Gasteiger partial charge < -0.3 is 4.98 Å². The summed E-state index contributed by atoms with van der Waals surface area (Å²) in [5.74, 6) is 0.290. The fraction of sp³-hybridized carbons (Fsp3) is 0.182. The quantitative estimate of drug-likeness (QED) is 0.648. The molecule has 1 aliphatic carbocycles. The number of H-pyrrole nitrogens is 1. The van der Waals surface area contributed by atoms with Gasteiger partial charge in [-0.15, -0.1) is 0 Å². The maximum Gasteiger partial charge on any atom is 0.163 e. The number of nitrogens with one attached hydrogen (secondary N) is 1. The van der Waals surface area contributed by atoms with Crippen molar-refractivity contribution in [1.82, 2.24) is 4.98 Å². The Bertz CT molecular complexity index is 496. The van der Waals surface area contributed by atoms with E-state index in [1.54, 1.807) is 0 Å². The van der Waals surface area contributed by atoms with Gasteiger partial charge in [-0.25, -0.2) is 0 Å². The third-order valence-corrected chi connectivity index (χ3v) is 2.75. The predicted octanol–water partition coefficient (Wildman–Crippen LogP) is 2.30. The zero-order valence-electron chi connectivity index (χ0n) is 7.13. The van der Waals surface area contributed by atoms with Gasteiger partial charge in [-0.2, -0.15) is 0 Å². The molecule has 1 aromatic heterocycles. The van der Waals surface area contributed by atoms with Crippen LogP contribution >= 0.6 is 0 Å². The molecule has 1 heterocycles. The standard InChI is InChI=1S/C11H9NO/c13-11-4-2-7-8-5-6-12-10(8)3-1-9(7)11/h1,3,5-6,12H,2,4H2. The molecule has 1 aliphatic rings. The van der Waals surface area contributed by atoms with Crippen LogP contribution in [0.3, 0.4) is 0 Å². The van der Waals surface area contributed by atoms with Gasteiger partial charge in [-0.1, -0.05) is 0 Å². The number of aromatic amines is 1. The summed E-state index contributed by atoms with van der Waals surface area (Å²) in [6, 6.07) is 5.97. The van der Waals surface area contributed by atoms with E-state index in [1.807, 2.05) is 24.4 Å². The van der Waals surface area contributed by atoms with Crippen molar-refractivity contribution in [3.63, 3.8) is 0 Å². The Hall–Kier alpha value is -1.57. The van der Waals surface area contributed by atoms with Gasteiger partial charge >= 0.3 is 0 Å². The molecule has 0 spiro atoms. The number of Topliss-reactive ketones (excluding diaryl/α,β-unsaturated/α-hetero) is 1. The molecule has 2 nitrogen and oxygen atoms in total. The highest BCUT2D eigenvalue weighted by Gasteiger charge is 2.21. The lowest BCUT2D eigenvalue weighted by Gasteiger charge is -1.98. The Morgan fingerprint density at radius 3 is 3.00 bits per heavy atom. The van der Waals surface area contributed by atoms with Crippen LogP contribution in [0.15, 0.2) is 24.4 Å². The summed E-state index contributed by atoms with van der Waals surface area (Å²) in [7, 11) is 0. The van der Waals surface area contributed by atoms with E-state index < -0.39 is 0 Å². The maximum atomic E-state index is 11.4. The summed E-state index contributed by atoms with van der Waals surface area (Å²) in [5.41, 5.74) is 3.28. The van der Waals surface area contributed by atoms with Crippen molar-refractivity contribution in [1.29, 1.82) is 0 Å². The minimum absolute atomic E-state index is 0.290. The number of benzene rings is 1. The topological polar surface area (TPSA) is 32.9 Å². The molecule has 64 valence electrons. The zero-order valence-corrected chi connectivity index (χ0v) is 7.13. The number of carbonyl (C=O) groups excluding carboxylic acids is 1. The SMILES string of the molecule is O=C1CCc2c1ccc1[nH]ccc21. The van der Waals surface area contributed by atoms with Crippen molar-refractivity contribution in [2.45, 2.75) is 12.8 Å². The van der Waals surface area contributed by atoms with E-state index in [1.165, 1.54) is 10.9 Å². The number of fused-ring (bicyclic) bond motifs is 3. The van der Waals surface area contributed by atoms with Crippen molar-refractivity contribution in [2.24, 2.45) is 0 Å². The van der Waals surface area contributed by atoms with Gasteiger partial charge in [0.2, 0.25) is 0 Å². The van der Waals surface area contributed by atoms with Gasteiger partial charge in [0.25, 0.3) is 0 Å². The first kappa shape index (κ1) is 6.89. The molecule has 0 bridgehead atoms. The van der Waals surface area contributed by atoms with Crippen molar-refractivity contribution in [3.8, 4) is 0 Å². The van der Waals surface area contributed by atoms with E-state index in [-0.39, 0.29) is 5.78 Å². The first-order valence-corrected chi connectivity index (χ1v) is 4.48. The molecule has 2 aromatic rings.